The number of anilines is 1. The summed E-state index contributed by atoms with van der Waals surface area (Å²) in [7, 11) is 1.41. The highest BCUT2D eigenvalue weighted by Crippen LogP contribution is 2.23. The topological polar surface area (TPSA) is 38.3 Å². The predicted molar refractivity (Wildman–Crippen MR) is 76.5 cm³/mol. The lowest BCUT2D eigenvalue weighted by Gasteiger charge is -2.24. The van der Waals surface area contributed by atoms with Gasteiger partial charge in [0, 0.05) is 11.7 Å². The van der Waals surface area contributed by atoms with Crippen LogP contribution in [0.2, 0.25) is 0 Å². The lowest BCUT2D eigenvalue weighted by molar-refractivity contribution is 0.0600. The molecule has 1 heterocycles. The third-order valence-electron chi connectivity index (χ3n) is 3.23. The third kappa shape index (κ3) is 3.19. The van der Waals surface area contributed by atoms with Gasteiger partial charge < -0.3 is 10.1 Å². The van der Waals surface area contributed by atoms with Gasteiger partial charge in [0.05, 0.1) is 12.7 Å². The summed E-state index contributed by atoms with van der Waals surface area (Å²) in [6.07, 6.45) is 2.42. The molecule has 0 amide bonds. The van der Waals surface area contributed by atoms with E-state index in [4.69, 9.17) is 4.74 Å². The fraction of sp³-hybridized carbons (Fsp3) is 0.500. The van der Waals surface area contributed by atoms with Crippen LogP contribution in [0, 0.1) is 6.92 Å². The van der Waals surface area contributed by atoms with Gasteiger partial charge in [-0.2, -0.15) is 11.8 Å². The number of hydrogen-bond acceptors (Lipinski definition) is 4. The molecule has 2 rings (SSSR count). The van der Waals surface area contributed by atoms with Gasteiger partial charge >= 0.3 is 5.97 Å². The van der Waals surface area contributed by atoms with E-state index < -0.39 is 0 Å². The van der Waals surface area contributed by atoms with Crippen LogP contribution in [0.4, 0.5) is 5.69 Å². The summed E-state index contributed by atoms with van der Waals surface area (Å²) in [4.78, 5) is 11.4. The second kappa shape index (κ2) is 6.14. The number of esters is 1. The van der Waals surface area contributed by atoms with E-state index in [9.17, 15) is 4.79 Å². The Balaban J connectivity index is 2.07. The Hall–Kier alpha value is -1.16. The van der Waals surface area contributed by atoms with Crippen LogP contribution in [-0.4, -0.2) is 30.6 Å². The van der Waals surface area contributed by atoms with Gasteiger partial charge in [0.2, 0.25) is 0 Å². The van der Waals surface area contributed by atoms with Crippen molar-refractivity contribution in [1.29, 1.82) is 0 Å². The van der Waals surface area contributed by atoms with Crippen LogP contribution in [-0.2, 0) is 4.74 Å². The van der Waals surface area contributed by atoms with Gasteiger partial charge in [0.15, 0.2) is 0 Å². The van der Waals surface area contributed by atoms with Crippen molar-refractivity contribution in [3.63, 3.8) is 0 Å². The summed E-state index contributed by atoms with van der Waals surface area (Å²) in [6, 6.07) is 6.24. The standard InChI is InChI=1S/C14H19NO2S/c1-10-9-11(14(16)17-2)3-4-13(10)15-12-5-7-18-8-6-12/h3-4,9,12,15H,5-8H2,1-2H3. The van der Waals surface area contributed by atoms with Crippen molar-refractivity contribution in [2.24, 2.45) is 0 Å². The Morgan fingerprint density at radius 2 is 2.11 bits per heavy atom. The number of ether oxygens (including phenoxy) is 1. The van der Waals surface area contributed by atoms with Crippen molar-refractivity contribution in [3.05, 3.63) is 29.3 Å². The zero-order valence-corrected chi connectivity index (χ0v) is 11.7. The predicted octanol–water partition coefficient (Wildman–Crippen LogP) is 3.09. The van der Waals surface area contributed by atoms with Crippen molar-refractivity contribution < 1.29 is 9.53 Å². The van der Waals surface area contributed by atoms with Crippen molar-refractivity contribution in [2.45, 2.75) is 25.8 Å². The monoisotopic (exact) mass is 265 g/mol. The summed E-state index contributed by atoms with van der Waals surface area (Å²) in [6.45, 7) is 2.02. The normalized spacial score (nSPS) is 16.3. The van der Waals surface area contributed by atoms with E-state index in [0.717, 1.165) is 11.3 Å². The van der Waals surface area contributed by atoms with Crippen molar-refractivity contribution in [1.82, 2.24) is 0 Å². The average molecular weight is 265 g/mol. The van der Waals surface area contributed by atoms with Gasteiger partial charge in [-0.3, -0.25) is 0 Å². The number of hydrogen-bond donors (Lipinski definition) is 1. The fourth-order valence-electron chi connectivity index (χ4n) is 2.13. The number of nitrogens with one attached hydrogen (secondary N) is 1. The van der Waals surface area contributed by atoms with Crippen LogP contribution in [0.15, 0.2) is 18.2 Å². The molecule has 1 aliphatic heterocycles. The maximum atomic E-state index is 11.4. The number of aryl methyl sites for hydroxylation is 1. The Labute approximate surface area is 112 Å². The van der Waals surface area contributed by atoms with Crippen LogP contribution < -0.4 is 5.32 Å². The summed E-state index contributed by atoms with van der Waals surface area (Å²) in [5, 5.41) is 3.57. The molecule has 18 heavy (non-hydrogen) atoms. The van der Waals surface area contributed by atoms with Crippen molar-refractivity contribution in [2.75, 3.05) is 23.9 Å². The van der Waals surface area contributed by atoms with E-state index in [1.165, 1.54) is 31.5 Å². The van der Waals surface area contributed by atoms with Crippen molar-refractivity contribution >= 4 is 23.4 Å². The molecular formula is C14H19NO2S. The number of thioether (sulfide) groups is 1. The Morgan fingerprint density at radius 1 is 1.39 bits per heavy atom. The van der Waals surface area contributed by atoms with Crippen LogP contribution in [0.25, 0.3) is 0 Å². The molecule has 98 valence electrons. The molecule has 1 N–H and O–H groups in total. The Bertz CT molecular complexity index is 428. The molecule has 0 bridgehead atoms. The average Bonchev–Trinajstić information content (AvgIpc) is 2.41. The molecule has 0 unspecified atom stereocenters. The smallest absolute Gasteiger partial charge is 0.337 e. The Kier molecular flexibility index (Phi) is 4.53. The van der Waals surface area contributed by atoms with E-state index in [1.54, 1.807) is 0 Å². The third-order valence-corrected chi connectivity index (χ3v) is 4.28. The summed E-state index contributed by atoms with van der Waals surface area (Å²) in [5.74, 6) is 2.19. The second-order valence-corrected chi connectivity index (χ2v) is 5.78. The minimum Gasteiger partial charge on any atom is -0.465 e. The van der Waals surface area contributed by atoms with Crippen LogP contribution in [0.3, 0.4) is 0 Å². The SMILES string of the molecule is COC(=O)c1ccc(NC2CCSCC2)c(C)c1. The van der Waals surface area contributed by atoms with Crippen LogP contribution in [0.1, 0.15) is 28.8 Å². The molecule has 0 aromatic heterocycles. The maximum absolute atomic E-state index is 11.4. The molecule has 0 aliphatic carbocycles. The van der Waals surface area contributed by atoms with E-state index in [0.29, 0.717) is 11.6 Å². The van der Waals surface area contributed by atoms with E-state index in [-0.39, 0.29) is 5.97 Å². The van der Waals surface area contributed by atoms with Crippen LogP contribution >= 0.6 is 11.8 Å². The van der Waals surface area contributed by atoms with Gasteiger partial charge in [0.25, 0.3) is 0 Å². The number of benzene rings is 1. The molecular weight excluding hydrogens is 246 g/mol. The van der Waals surface area contributed by atoms with E-state index >= 15 is 0 Å². The zero-order chi connectivity index (χ0) is 13.0. The largest absolute Gasteiger partial charge is 0.465 e. The first kappa shape index (κ1) is 13.3. The highest BCUT2D eigenvalue weighted by atomic mass is 32.2. The first-order valence-electron chi connectivity index (χ1n) is 6.24. The van der Waals surface area contributed by atoms with E-state index in [2.05, 4.69) is 5.32 Å². The fourth-order valence-corrected chi connectivity index (χ4v) is 3.24. The second-order valence-electron chi connectivity index (χ2n) is 4.55. The minimum absolute atomic E-state index is 0.279. The quantitative estimate of drug-likeness (QED) is 0.852. The number of carbonyl (C=O) groups excluding carboxylic acids is 1. The van der Waals surface area contributed by atoms with Gasteiger partial charge in [-0.05, 0) is 55.0 Å². The molecule has 3 nitrogen and oxygen atoms in total. The van der Waals surface area contributed by atoms with Gasteiger partial charge in [-0.1, -0.05) is 0 Å². The minimum atomic E-state index is -0.279. The number of rotatable bonds is 3. The Morgan fingerprint density at radius 3 is 2.72 bits per heavy atom. The summed E-state index contributed by atoms with van der Waals surface area (Å²) in [5.41, 5.74) is 2.83. The van der Waals surface area contributed by atoms with Gasteiger partial charge in [-0.25, -0.2) is 4.79 Å². The summed E-state index contributed by atoms with van der Waals surface area (Å²) < 4.78 is 4.72. The highest BCUT2D eigenvalue weighted by molar-refractivity contribution is 7.99. The van der Waals surface area contributed by atoms with E-state index in [1.807, 2.05) is 36.9 Å². The first-order valence-corrected chi connectivity index (χ1v) is 7.39. The molecule has 1 aromatic rings. The molecule has 1 saturated heterocycles. The van der Waals surface area contributed by atoms with Gasteiger partial charge in [0.1, 0.15) is 0 Å². The lowest BCUT2D eigenvalue weighted by atomic mass is 10.1. The number of methoxy groups -OCH3 is 1. The number of carbonyl (C=O) groups is 1. The molecule has 0 radical (unpaired) electrons. The maximum Gasteiger partial charge on any atom is 0.337 e. The molecule has 1 aromatic carbocycles. The molecule has 0 spiro atoms. The van der Waals surface area contributed by atoms with Gasteiger partial charge in [-0.15, -0.1) is 0 Å². The first-order chi connectivity index (χ1) is 8.70. The zero-order valence-electron chi connectivity index (χ0n) is 10.9. The molecule has 4 heteroatoms. The molecule has 1 fully saturated rings. The lowest BCUT2D eigenvalue weighted by Crippen LogP contribution is -2.24. The molecule has 0 atom stereocenters. The van der Waals surface area contributed by atoms with Crippen molar-refractivity contribution in [3.8, 4) is 0 Å². The summed E-state index contributed by atoms with van der Waals surface area (Å²) >= 11 is 2.02. The van der Waals surface area contributed by atoms with Crippen LogP contribution in [0.5, 0.6) is 0 Å². The molecule has 1 aliphatic rings. The molecule has 0 saturated carbocycles. The highest BCUT2D eigenvalue weighted by Gasteiger charge is 2.14.